The summed E-state index contributed by atoms with van der Waals surface area (Å²) >= 11 is 0. The molecule has 0 unspecified atom stereocenters. The van der Waals surface area contributed by atoms with Crippen molar-refractivity contribution in [3.05, 3.63) is 29.8 Å². The molecule has 0 aromatic heterocycles. The van der Waals surface area contributed by atoms with Gasteiger partial charge in [0.25, 0.3) is 0 Å². The molecule has 1 aromatic rings. The summed E-state index contributed by atoms with van der Waals surface area (Å²) in [5, 5.41) is 0. The zero-order valence-corrected chi connectivity index (χ0v) is 10.2. The Bertz CT molecular complexity index is 483. The zero-order valence-electron chi connectivity index (χ0n) is 9.37. The number of sulfonamides is 1. The first kappa shape index (κ1) is 14.9. The van der Waals surface area contributed by atoms with E-state index >= 15 is 0 Å². The minimum atomic E-state index is -4.48. The Labute approximate surface area is 103 Å². The van der Waals surface area contributed by atoms with E-state index in [0.29, 0.717) is 13.0 Å². The summed E-state index contributed by atoms with van der Waals surface area (Å²) in [6.45, 7) is 0.482. The van der Waals surface area contributed by atoms with Crippen molar-refractivity contribution in [2.75, 3.05) is 13.1 Å². The summed E-state index contributed by atoms with van der Waals surface area (Å²) in [5.41, 5.74) is 4.32. The van der Waals surface area contributed by atoms with Gasteiger partial charge in [-0.2, -0.15) is 13.2 Å². The fourth-order valence-electron chi connectivity index (χ4n) is 1.21. The molecule has 8 heteroatoms. The second kappa shape index (κ2) is 5.68. The van der Waals surface area contributed by atoms with Crippen LogP contribution < -0.4 is 10.5 Å². The summed E-state index contributed by atoms with van der Waals surface area (Å²) in [7, 11) is -3.77. The standard InChI is InChI=1S/C10H13F3N2O2S/c11-10(12,13)8-2-4-9(5-3-8)18(16,17)15-7-1-6-14/h2-5,15H,1,6-7,14H2. The lowest BCUT2D eigenvalue weighted by Crippen LogP contribution is -2.26. The molecule has 0 saturated carbocycles. The number of hydrogen-bond acceptors (Lipinski definition) is 3. The highest BCUT2D eigenvalue weighted by atomic mass is 32.2. The van der Waals surface area contributed by atoms with E-state index in [1.807, 2.05) is 0 Å². The molecule has 4 nitrogen and oxygen atoms in total. The highest BCUT2D eigenvalue weighted by Crippen LogP contribution is 2.29. The highest BCUT2D eigenvalue weighted by molar-refractivity contribution is 7.89. The molecule has 0 spiro atoms. The number of alkyl halides is 3. The molecule has 0 bridgehead atoms. The van der Waals surface area contributed by atoms with E-state index in [0.717, 1.165) is 24.3 Å². The van der Waals surface area contributed by atoms with Crippen LogP contribution in [0.1, 0.15) is 12.0 Å². The summed E-state index contributed by atoms with van der Waals surface area (Å²) in [6.07, 6.45) is -4.02. The normalized spacial score (nSPS) is 12.7. The van der Waals surface area contributed by atoms with Crippen molar-refractivity contribution in [3.63, 3.8) is 0 Å². The monoisotopic (exact) mass is 282 g/mol. The van der Waals surface area contributed by atoms with Gasteiger partial charge in [0.1, 0.15) is 0 Å². The Morgan fingerprint density at radius 3 is 2.17 bits per heavy atom. The van der Waals surface area contributed by atoms with Gasteiger partial charge in [-0.05, 0) is 37.2 Å². The lowest BCUT2D eigenvalue weighted by Gasteiger charge is -2.09. The van der Waals surface area contributed by atoms with Crippen LogP contribution in [0.25, 0.3) is 0 Å². The second-order valence-corrected chi connectivity index (χ2v) is 5.33. The molecule has 0 aliphatic rings. The van der Waals surface area contributed by atoms with Crippen molar-refractivity contribution in [3.8, 4) is 0 Å². The number of rotatable bonds is 5. The molecule has 0 aliphatic heterocycles. The van der Waals surface area contributed by atoms with Gasteiger partial charge in [0.05, 0.1) is 10.5 Å². The van der Waals surface area contributed by atoms with E-state index in [1.165, 1.54) is 0 Å². The summed E-state index contributed by atoms with van der Waals surface area (Å²) in [4.78, 5) is -0.201. The predicted molar refractivity (Wildman–Crippen MR) is 60.3 cm³/mol. The summed E-state index contributed by atoms with van der Waals surface area (Å²) in [6, 6.07) is 3.32. The fraction of sp³-hybridized carbons (Fsp3) is 0.400. The van der Waals surface area contributed by atoms with Gasteiger partial charge < -0.3 is 5.73 Å². The van der Waals surface area contributed by atoms with E-state index in [9.17, 15) is 21.6 Å². The Morgan fingerprint density at radius 1 is 1.17 bits per heavy atom. The Balaban J connectivity index is 2.85. The number of nitrogens with two attached hydrogens (primary N) is 1. The summed E-state index contributed by atoms with van der Waals surface area (Å²) < 4.78 is 62.4. The first-order chi connectivity index (χ1) is 8.27. The highest BCUT2D eigenvalue weighted by Gasteiger charge is 2.30. The van der Waals surface area contributed by atoms with Crippen LogP contribution in [-0.4, -0.2) is 21.5 Å². The molecule has 0 fully saturated rings. The van der Waals surface area contributed by atoms with Crippen LogP contribution in [0.4, 0.5) is 13.2 Å². The van der Waals surface area contributed by atoms with E-state index in [1.54, 1.807) is 0 Å². The van der Waals surface area contributed by atoms with E-state index in [4.69, 9.17) is 5.73 Å². The third kappa shape index (κ3) is 3.97. The van der Waals surface area contributed by atoms with Crippen LogP contribution in [-0.2, 0) is 16.2 Å². The maximum Gasteiger partial charge on any atom is 0.416 e. The molecule has 1 aromatic carbocycles. The lowest BCUT2D eigenvalue weighted by molar-refractivity contribution is -0.137. The maximum absolute atomic E-state index is 12.3. The molecular weight excluding hydrogens is 269 g/mol. The molecule has 1 rings (SSSR count). The Hall–Kier alpha value is -1.12. The molecule has 0 radical (unpaired) electrons. The van der Waals surface area contributed by atoms with Crippen LogP contribution in [0.15, 0.2) is 29.2 Å². The summed E-state index contributed by atoms with van der Waals surface area (Å²) in [5.74, 6) is 0. The van der Waals surface area contributed by atoms with Crippen LogP contribution >= 0.6 is 0 Å². The molecule has 18 heavy (non-hydrogen) atoms. The molecule has 0 atom stereocenters. The average Bonchev–Trinajstić information content (AvgIpc) is 2.28. The van der Waals surface area contributed by atoms with Crippen molar-refractivity contribution in [1.82, 2.24) is 4.72 Å². The van der Waals surface area contributed by atoms with E-state index in [-0.39, 0.29) is 11.4 Å². The molecule has 0 heterocycles. The smallest absolute Gasteiger partial charge is 0.330 e. The molecule has 0 amide bonds. The molecular formula is C10H13F3N2O2S. The van der Waals surface area contributed by atoms with Gasteiger partial charge >= 0.3 is 6.18 Å². The van der Waals surface area contributed by atoms with Crippen LogP contribution in [0.5, 0.6) is 0 Å². The van der Waals surface area contributed by atoms with Gasteiger partial charge in [-0.15, -0.1) is 0 Å². The maximum atomic E-state index is 12.3. The second-order valence-electron chi connectivity index (χ2n) is 3.56. The lowest BCUT2D eigenvalue weighted by atomic mass is 10.2. The molecule has 0 aliphatic carbocycles. The molecule has 3 N–H and O–H groups in total. The van der Waals surface area contributed by atoms with Crippen molar-refractivity contribution in [2.45, 2.75) is 17.5 Å². The molecule has 0 saturated heterocycles. The Morgan fingerprint density at radius 2 is 1.72 bits per heavy atom. The number of benzene rings is 1. The van der Waals surface area contributed by atoms with Crippen LogP contribution in [0, 0.1) is 0 Å². The first-order valence-corrected chi connectivity index (χ1v) is 6.62. The van der Waals surface area contributed by atoms with Gasteiger partial charge in [-0.25, -0.2) is 13.1 Å². The topological polar surface area (TPSA) is 72.2 Å². The van der Waals surface area contributed by atoms with E-state index in [2.05, 4.69) is 4.72 Å². The van der Waals surface area contributed by atoms with Crippen LogP contribution in [0.3, 0.4) is 0 Å². The quantitative estimate of drug-likeness (QED) is 0.800. The predicted octanol–water partition coefficient (Wildman–Crippen LogP) is 1.33. The van der Waals surface area contributed by atoms with Gasteiger partial charge in [-0.1, -0.05) is 0 Å². The number of hydrogen-bond donors (Lipinski definition) is 2. The van der Waals surface area contributed by atoms with Gasteiger partial charge in [0.15, 0.2) is 0 Å². The van der Waals surface area contributed by atoms with Crippen molar-refractivity contribution in [1.29, 1.82) is 0 Å². The van der Waals surface area contributed by atoms with Crippen LogP contribution in [0.2, 0.25) is 0 Å². The molecule has 102 valence electrons. The number of halogens is 3. The fourth-order valence-corrected chi connectivity index (χ4v) is 2.29. The first-order valence-electron chi connectivity index (χ1n) is 5.14. The van der Waals surface area contributed by atoms with Gasteiger partial charge in [0.2, 0.25) is 10.0 Å². The van der Waals surface area contributed by atoms with Crippen molar-refractivity contribution >= 4 is 10.0 Å². The Kier molecular flexibility index (Phi) is 4.71. The van der Waals surface area contributed by atoms with Crippen molar-refractivity contribution in [2.24, 2.45) is 5.73 Å². The largest absolute Gasteiger partial charge is 0.416 e. The third-order valence-corrected chi connectivity index (χ3v) is 3.64. The van der Waals surface area contributed by atoms with Gasteiger partial charge in [-0.3, -0.25) is 0 Å². The minimum Gasteiger partial charge on any atom is -0.330 e. The van der Waals surface area contributed by atoms with Gasteiger partial charge in [0, 0.05) is 6.54 Å². The average molecular weight is 282 g/mol. The van der Waals surface area contributed by atoms with E-state index < -0.39 is 21.8 Å². The van der Waals surface area contributed by atoms with Crippen molar-refractivity contribution < 1.29 is 21.6 Å². The SMILES string of the molecule is NCCCNS(=O)(=O)c1ccc(C(F)(F)F)cc1. The minimum absolute atomic E-state index is 0.153. The zero-order chi connectivity index (χ0) is 13.8. The third-order valence-electron chi connectivity index (χ3n) is 2.16. The number of nitrogens with one attached hydrogen (secondary N) is 1.